The Bertz CT molecular complexity index is 353. The number of rotatable bonds is 5. The third-order valence-corrected chi connectivity index (χ3v) is 2.37. The lowest BCUT2D eigenvalue weighted by molar-refractivity contribution is 0.153. The molecular formula is C12H14F2O2. The summed E-state index contributed by atoms with van der Waals surface area (Å²) in [6.07, 6.45) is 0.158. The standard InChI is InChI=1S/C12H14F2O2/c1-8(5-9(6-15)7-16)12-10(13)3-2-4-11(12)14/h2-4,9,15-16H,1,5-7H2. The van der Waals surface area contributed by atoms with Crippen molar-refractivity contribution in [2.75, 3.05) is 13.2 Å². The summed E-state index contributed by atoms with van der Waals surface area (Å²) in [4.78, 5) is 0. The van der Waals surface area contributed by atoms with E-state index >= 15 is 0 Å². The van der Waals surface area contributed by atoms with Gasteiger partial charge >= 0.3 is 0 Å². The Hall–Kier alpha value is -1.26. The van der Waals surface area contributed by atoms with E-state index in [0.717, 1.165) is 12.1 Å². The topological polar surface area (TPSA) is 40.5 Å². The highest BCUT2D eigenvalue weighted by Crippen LogP contribution is 2.25. The van der Waals surface area contributed by atoms with Crippen LogP contribution in [0.15, 0.2) is 24.8 Å². The second-order valence-corrected chi connectivity index (χ2v) is 3.64. The van der Waals surface area contributed by atoms with Gasteiger partial charge in [-0.05, 0) is 24.1 Å². The number of halogens is 2. The van der Waals surface area contributed by atoms with Gasteiger partial charge in [0.05, 0.1) is 0 Å². The van der Waals surface area contributed by atoms with Crippen LogP contribution in [-0.4, -0.2) is 23.4 Å². The first-order chi connectivity index (χ1) is 7.60. The summed E-state index contributed by atoms with van der Waals surface area (Å²) in [5, 5.41) is 17.7. The minimum absolute atomic E-state index is 0.158. The van der Waals surface area contributed by atoms with E-state index in [1.54, 1.807) is 0 Å². The minimum atomic E-state index is -0.681. The molecule has 0 aliphatic carbocycles. The molecular weight excluding hydrogens is 214 g/mol. The number of benzene rings is 1. The van der Waals surface area contributed by atoms with Crippen molar-refractivity contribution in [3.05, 3.63) is 42.0 Å². The van der Waals surface area contributed by atoms with Crippen LogP contribution in [0.3, 0.4) is 0 Å². The summed E-state index contributed by atoms with van der Waals surface area (Å²) in [5.74, 6) is -1.80. The van der Waals surface area contributed by atoms with Crippen molar-refractivity contribution in [2.45, 2.75) is 6.42 Å². The van der Waals surface area contributed by atoms with Gasteiger partial charge in [-0.2, -0.15) is 0 Å². The molecule has 2 N–H and O–H groups in total. The first-order valence-corrected chi connectivity index (χ1v) is 4.94. The maximum atomic E-state index is 13.3. The van der Waals surface area contributed by atoms with Crippen molar-refractivity contribution >= 4 is 5.57 Å². The number of allylic oxidation sites excluding steroid dienone is 1. The molecule has 1 aromatic carbocycles. The average Bonchev–Trinajstić information content (AvgIpc) is 2.25. The molecule has 1 aromatic rings. The normalized spacial score (nSPS) is 10.8. The lowest BCUT2D eigenvalue weighted by Gasteiger charge is -2.14. The van der Waals surface area contributed by atoms with Crippen molar-refractivity contribution in [1.29, 1.82) is 0 Å². The Labute approximate surface area is 92.9 Å². The lowest BCUT2D eigenvalue weighted by Crippen LogP contribution is -2.12. The van der Waals surface area contributed by atoms with Gasteiger partial charge in [-0.1, -0.05) is 12.6 Å². The molecule has 0 amide bonds. The van der Waals surface area contributed by atoms with Crippen LogP contribution in [0.5, 0.6) is 0 Å². The van der Waals surface area contributed by atoms with Gasteiger partial charge in [0.1, 0.15) is 11.6 Å². The minimum Gasteiger partial charge on any atom is -0.396 e. The van der Waals surface area contributed by atoms with Gasteiger partial charge in [-0.15, -0.1) is 0 Å². The van der Waals surface area contributed by atoms with Crippen LogP contribution < -0.4 is 0 Å². The zero-order valence-electron chi connectivity index (χ0n) is 8.79. The molecule has 16 heavy (non-hydrogen) atoms. The van der Waals surface area contributed by atoms with Crippen LogP contribution in [0.1, 0.15) is 12.0 Å². The molecule has 0 fully saturated rings. The maximum Gasteiger partial charge on any atom is 0.133 e. The Morgan fingerprint density at radius 3 is 2.12 bits per heavy atom. The van der Waals surface area contributed by atoms with E-state index in [1.807, 2.05) is 0 Å². The molecule has 0 atom stereocenters. The summed E-state index contributed by atoms with van der Waals surface area (Å²) >= 11 is 0. The van der Waals surface area contributed by atoms with Crippen LogP contribution in [0.4, 0.5) is 8.78 Å². The maximum absolute atomic E-state index is 13.3. The lowest BCUT2D eigenvalue weighted by atomic mass is 9.96. The molecule has 0 aliphatic rings. The quantitative estimate of drug-likeness (QED) is 0.808. The van der Waals surface area contributed by atoms with Crippen molar-refractivity contribution in [1.82, 2.24) is 0 Å². The van der Waals surface area contributed by atoms with Gasteiger partial charge < -0.3 is 10.2 Å². The fourth-order valence-electron chi connectivity index (χ4n) is 1.47. The Morgan fingerprint density at radius 2 is 1.69 bits per heavy atom. The van der Waals surface area contributed by atoms with Crippen LogP contribution in [0.2, 0.25) is 0 Å². The molecule has 4 heteroatoms. The van der Waals surface area contributed by atoms with Crippen LogP contribution in [0, 0.1) is 17.6 Å². The molecule has 2 nitrogen and oxygen atoms in total. The number of hydrogen-bond donors (Lipinski definition) is 2. The van der Waals surface area contributed by atoms with Gasteiger partial charge in [0.15, 0.2) is 0 Å². The van der Waals surface area contributed by atoms with Crippen molar-refractivity contribution in [3.8, 4) is 0 Å². The Morgan fingerprint density at radius 1 is 1.19 bits per heavy atom. The molecule has 0 saturated carbocycles. The number of hydrogen-bond acceptors (Lipinski definition) is 2. The molecule has 0 aromatic heterocycles. The molecule has 0 aliphatic heterocycles. The highest BCUT2D eigenvalue weighted by atomic mass is 19.1. The molecule has 0 radical (unpaired) electrons. The highest BCUT2D eigenvalue weighted by molar-refractivity contribution is 5.64. The predicted octanol–water partition coefficient (Wildman–Crippen LogP) is 1.97. The second kappa shape index (κ2) is 5.72. The fourth-order valence-corrected chi connectivity index (χ4v) is 1.47. The zero-order chi connectivity index (χ0) is 12.1. The first-order valence-electron chi connectivity index (χ1n) is 4.94. The third kappa shape index (κ3) is 2.87. The van der Waals surface area contributed by atoms with E-state index in [4.69, 9.17) is 10.2 Å². The van der Waals surface area contributed by atoms with Crippen LogP contribution >= 0.6 is 0 Å². The summed E-state index contributed by atoms with van der Waals surface area (Å²) < 4.78 is 26.7. The molecule has 0 heterocycles. The number of aliphatic hydroxyl groups excluding tert-OH is 2. The van der Waals surface area contributed by atoms with Gasteiger partial charge in [0.2, 0.25) is 0 Å². The molecule has 0 spiro atoms. The van der Waals surface area contributed by atoms with Crippen molar-refractivity contribution in [2.24, 2.45) is 5.92 Å². The predicted molar refractivity (Wildman–Crippen MR) is 57.7 cm³/mol. The molecule has 0 unspecified atom stereocenters. The van der Waals surface area contributed by atoms with Gasteiger partial charge in [-0.25, -0.2) is 8.78 Å². The molecule has 1 rings (SSSR count). The molecule has 88 valence electrons. The van der Waals surface area contributed by atoms with E-state index in [0.29, 0.717) is 0 Å². The molecule has 0 bridgehead atoms. The highest BCUT2D eigenvalue weighted by Gasteiger charge is 2.15. The summed E-state index contributed by atoms with van der Waals surface area (Å²) in [5.41, 5.74) is 0.0677. The van der Waals surface area contributed by atoms with Crippen LogP contribution in [0.25, 0.3) is 5.57 Å². The van der Waals surface area contributed by atoms with Crippen molar-refractivity contribution in [3.63, 3.8) is 0 Å². The monoisotopic (exact) mass is 228 g/mol. The zero-order valence-corrected chi connectivity index (χ0v) is 8.79. The third-order valence-electron chi connectivity index (χ3n) is 2.37. The SMILES string of the molecule is C=C(CC(CO)CO)c1c(F)cccc1F. The van der Waals surface area contributed by atoms with E-state index < -0.39 is 17.6 Å². The fraction of sp³-hybridized carbons (Fsp3) is 0.333. The van der Waals surface area contributed by atoms with Crippen LogP contribution in [-0.2, 0) is 0 Å². The van der Waals surface area contributed by atoms with E-state index in [1.165, 1.54) is 6.07 Å². The summed E-state index contributed by atoms with van der Waals surface area (Å²) in [7, 11) is 0. The van der Waals surface area contributed by atoms with E-state index in [9.17, 15) is 8.78 Å². The van der Waals surface area contributed by atoms with Crippen molar-refractivity contribution < 1.29 is 19.0 Å². The second-order valence-electron chi connectivity index (χ2n) is 3.64. The summed E-state index contributed by atoms with van der Waals surface area (Å²) in [6, 6.07) is 3.57. The van der Waals surface area contributed by atoms with Gasteiger partial charge in [0, 0.05) is 24.7 Å². The Balaban J connectivity index is 2.88. The first kappa shape index (κ1) is 12.8. The largest absolute Gasteiger partial charge is 0.396 e. The molecule has 0 saturated heterocycles. The van der Waals surface area contributed by atoms with Gasteiger partial charge in [0.25, 0.3) is 0 Å². The van der Waals surface area contributed by atoms with Gasteiger partial charge in [-0.3, -0.25) is 0 Å². The van der Waals surface area contributed by atoms with E-state index in [2.05, 4.69) is 6.58 Å². The average molecular weight is 228 g/mol. The summed E-state index contributed by atoms with van der Waals surface area (Å²) in [6.45, 7) is 3.09. The van der Waals surface area contributed by atoms with E-state index in [-0.39, 0.29) is 30.8 Å². The number of aliphatic hydroxyl groups is 2. The Kier molecular flexibility index (Phi) is 4.58. The smallest absolute Gasteiger partial charge is 0.133 e.